The van der Waals surface area contributed by atoms with E-state index in [-0.39, 0.29) is 17.8 Å². The Morgan fingerprint density at radius 1 is 1.12 bits per heavy atom. The van der Waals surface area contributed by atoms with Crippen molar-refractivity contribution in [2.45, 2.75) is 43.9 Å². The van der Waals surface area contributed by atoms with Crippen molar-refractivity contribution in [3.05, 3.63) is 63.9 Å². The van der Waals surface area contributed by atoms with Crippen LogP contribution in [0.4, 0.5) is 16.0 Å². The fraction of sp³-hybridized carbons (Fsp3) is 0.409. The standard InChI is InChI=1S/C22H23Cl2FN6O/c23-19-9-13(25)1-2-17(19)18-11-16(32)12-31-21(18)28-22(29-31)27-14-4-7-30(8-5-14)15-3-6-26-20(24)10-15/h1-3,6,9-10,14,16,18,32H,4-5,7-8,11-12H2,(H,27,29). The Hall–Kier alpha value is -2.42. The van der Waals surface area contributed by atoms with Crippen LogP contribution in [0.15, 0.2) is 36.5 Å². The van der Waals surface area contributed by atoms with Crippen LogP contribution in [0.2, 0.25) is 10.2 Å². The number of nitrogens with zero attached hydrogens (tertiary/aromatic N) is 5. The third-order valence-corrected chi connectivity index (χ3v) is 6.68. The van der Waals surface area contributed by atoms with E-state index in [0.717, 1.165) is 43.0 Å². The quantitative estimate of drug-likeness (QED) is 0.551. The van der Waals surface area contributed by atoms with Crippen LogP contribution in [0.5, 0.6) is 0 Å². The molecule has 2 aliphatic heterocycles. The van der Waals surface area contributed by atoms with Crippen LogP contribution in [0.3, 0.4) is 0 Å². The molecule has 2 unspecified atom stereocenters. The molecule has 2 N–H and O–H groups in total. The number of halogens is 3. The van der Waals surface area contributed by atoms with E-state index < -0.39 is 6.10 Å². The maximum absolute atomic E-state index is 13.5. The van der Waals surface area contributed by atoms with Crippen LogP contribution in [0, 0.1) is 5.82 Å². The van der Waals surface area contributed by atoms with E-state index in [2.05, 4.69) is 20.3 Å². The Balaban J connectivity index is 1.29. The number of benzene rings is 1. The summed E-state index contributed by atoms with van der Waals surface area (Å²) < 4.78 is 15.2. The molecule has 4 heterocycles. The van der Waals surface area contributed by atoms with Crippen molar-refractivity contribution in [1.82, 2.24) is 19.7 Å². The lowest BCUT2D eigenvalue weighted by molar-refractivity contribution is 0.117. The second-order valence-corrected chi connectivity index (χ2v) is 9.12. The summed E-state index contributed by atoms with van der Waals surface area (Å²) >= 11 is 12.3. The first-order valence-electron chi connectivity index (χ1n) is 10.7. The lowest BCUT2D eigenvalue weighted by Gasteiger charge is -2.33. The maximum Gasteiger partial charge on any atom is 0.242 e. The first kappa shape index (κ1) is 21.4. The van der Waals surface area contributed by atoms with E-state index in [4.69, 9.17) is 28.2 Å². The highest BCUT2D eigenvalue weighted by molar-refractivity contribution is 6.31. The number of hydrogen-bond donors (Lipinski definition) is 2. The minimum absolute atomic E-state index is 0.241. The summed E-state index contributed by atoms with van der Waals surface area (Å²) in [6.07, 6.45) is 3.48. The molecular weight excluding hydrogens is 454 g/mol. The predicted octanol–water partition coefficient (Wildman–Crippen LogP) is 4.10. The van der Waals surface area contributed by atoms with Crippen molar-refractivity contribution in [3.63, 3.8) is 0 Å². The molecular formula is C22H23Cl2FN6O. The number of aromatic nitrogens is 4. The molecule has 1 fully saturated rings. The molecule has 0 spiro atoms. The summed E-state index contributed by atoms with van der Waals surface area (Å²) in [6.45, 7) is 2.15. The van der Waals surface area contributed by atoms with Crippen LogP contribution in [0.1, 0.15) is 36.6 Å². The number of aliphatic hydroxyl groups is 1. The summed E-state index contributed by atoms with van der Waals surface area (Å²) in [7, 11) is 0. The number of piperidine rings is 1. The highest BCUT2D eigenvalue weighted by Gasteiger charge is 2.32. The van der Waals surface area contributed by atoms with Crippen molar-refractivity contribution >= 4 is 34.8 Å². The van der Waals surface area contributed by atoms with Gasteiger partial charge >= 0.3 is 0 Å². The van der Waals surface area contributed by atoms with Gasteiger partial charge in [0.25, 0.3) is 0 Å². The van der Waals surface area contributed by atoms with E-state index >= 15 is 0 Å². The molecule has 2 aromatic heterocycles. The zero-order valence-electron chi connectivity index (χ0n) is 17.3. The molecule has 7 nitrogen and oxygen atoms in total. The van der Waals surface area contributed by atoms with Gasteiger partial charge in [-0.25, -0.2) is 14.1 Å². The number of nitrogens with one attached hydrogen (secondary N) is 1. The Morgan fingerprint density at radius 3 is 2.69 bits per heavy atom. The number of rotatable bonds is 4. The van der Waals surface area contributed by atoms with Crippen LogP contribution in [-0.2, 0) is 6.54 Å². The van der Waals surface area contributed by atoms with Gasteiger partial charge in [0.1, 0.15) is 16.8 Å². The summed E-state index contributed by atoms with van der Waals surface area (Å²) in [5, 5.41) is 19.2. The van der Waals surface area contributed by atoms with Gasteiger partial charge in [-0.15, -0.1) is 5.10 Å². The fourth-order valence-electron chi connectivity index (χ4n) is 4.56. The first-order chi connectivity index (χ1) is 15.5. The van der Waals surface area contributed by atoms with Gasteiger partial charge in [0.15, 0.2) is 0 Å². The number of aliphatic hydroxyl groups excluding tert-OH is 1. The van der Waals surface area contributed by atoms with E-state index in [1.165, 1.54) is 12.1 Å². The Bertz CT molecular complexity index is 1120. The third-order valence-electron chi connectivity index (χ3n) is 6.14. The van der Waals surface area contributed by atoms with Crippen LogP contribution < -0.4 is 10.2 Å². The first-order valence-corrected chi connectivity index (χ1v) is 11.4. The van der Waals surface area contributed by atoms with Crippen molar-refractivity contribution in [2.75, 3.05) is 23.3 Å². The molecule has 1 aromatic carbocycles. The minimum Gasteiger partial charge on any atom is -0.391 e. The lowest BCUT2D eigenvalue weighted by atomic mass is 9.90. The molecule has 5 rings (SSSR count). The van der Waals surface area contributed by atoms with Gasteiger partial charge in [-0.1, -0.05) is 29.3 Å². The zero-order chi connectivity index (χ0) is 22.2. The molecule has 0 amide bonds. The molecule has 2 aliphatic rings. The van der Waals surface area contributed by atoms with Gasteiger partial charge in [0.05, 0.1) is 12.6 Å². The zero-order valence-corrected chi connectivity index (χ0v) is 18.8. The molecule has 0 saturated carbocycles. The second kappa shape index (κ2) is 8.84. The lowest BCUT2D eigenvalue weighted by Crippen LogP contribution is -2.39. The summed E-state index contributed by atoms with van der Waals surface area (Å²) in [5.74, 6) is 0.644. The van der Waals surface area contributed by atoms with Crippen molar-refractivity contribution in [1.29, 1.82) is 0 Å². The van der Waals surface area contributed by atoms with Crippen molar-refractivity contribution < 1.29 is 9.50 Å². The topological polar surface area (TPSA) is 79.1 Å². The average Bonchev–Trinajstić information content (AvgIpc) is 3.16. The van der Waals surface area contributed by atoms with Gasteiger partial charge < -0.3 is 15.3 Å². The van der Waals surface area contributed by atoms with Gasteiger partial charge in [0.2, 0.25) is 5.95 Å². The SMILES string of the molecule is OC1CC(c2ccc(F)cc2Cl)c2nc(NC3CCN(c4ccnc(Cl)c4)CC3)nn2C1. The summed E-state index contributed by atoms with van der Waals surface area (Å²) in [5.41, 5.74) is 1.82. The van der Waals surface area contributed by atoms with Gasteiger partial charge in [-0.3, -0.25) is 0 Å². The van der Waals surface area contributed by atoms with Gasteiger partial charge in [-0.2, -0.15) is 4.98 Å². The predicted molar refractivity (Wildman–Crippen MR) is 122 cm³/mol. The number of pyridine rings is 1. The van der Waals surface area contributed by atoms with Gasteiger partial charge in [-0.05, 0) is 49.1 Å². The monoisotopic (exact) mass is 476 g/mol. The number of hydrogen-bond acceptors (Lipinski definition) is 6. The largest absolute Gasteiger partial charge is 0.391 e. The molecule has 1 saturated heterocycles. The number of fused-ring (bicyclic) bond motifs is 1. The maximum atomic E-state index is 13.5. The summed E-state index contributed by atoms with van der Waals surface area (Å²) in [6, 6.07) is 8.43. The minimum atomic E-state index is -0.571. The van der Waals surface area contributed by atoms with E-state index in [1.807, 2.05) is 12.1 Å². The molecule has 2 atom stereocenters. The van der Waals surface area contributed by atoms with Crippen molar-refractivity contribution in [2.24, 2.45) is 0 Å². The average molecular weight is 477 g/mol. The van der Waals surface area contributed by atoms with Crippen LogP contribution in [-0.4, -0.2) is 50.1 Å². The van der Waals surface area contributed by atoms with Crippen LogP contribution in [0.25, 0.3) is 0 Å². The highest BCUT2D eigenvalue weighted by Crippen LogP contribution is 2.37. The Labute approximate surface area is 195 Å². The molecule has 32 heavy (non-hydrogen) atoms. The van der Waals surface area contributed by atoms with E-state index in [9.17, 15) is 9.50 Å². The highest BCUT2D eigenvalue weighted by atomic mass is 35.5. The molecule has 0 radical (unpaired) electrons. The Morgan fingerprint density at radius 2 is 1.94 bits per heavy atom. The normalized spacial score (nSPS) is 21.4. The number of anilines is 2. The third kappa shape index (κ3) is 4.40. The molecule has 0 aliphatic carbocycles. The molecule has 0 bridgehead atoms. The molecule has 3 aromatic rings. The van der Waals surface area contributed by atoms with E-state index in [1.54, 1.807) is 16.9 Å². The molecule has 10 heteroatoms. The fourth-order valence-corrected chi connectivity index (χ4v) is 5.03. The van der Waals surface area contributed by atoms with Gasteiger partial charge in [0, 0.05) is 42.0 Å². The summed E-state index contributed by atoms with van der Waals surface area (Å²) in [4.78, 5) is 11.1. The molecule has 168 valence electrons. The van der Waals surface area contributed by atoms with Crippen LogP contribution >= 0.6 is 23.2 Å². The second-order valence-electron chi connectivity index (χ2n) is 8.33. The Kier molecular flexibility index (Phi) is 5.92. The van der Waals surface area contributed by atoms with Crippen molar-refractivity contribution in [3.8, 4) is 0 Å². The van der Waals surface area contributed by atoms with E-state index in [0.29, 0.717) is 29.1 Å². The smallest absolute Gasteiger partial charge is 0.242 e.